The Morgan fingerprint density at radius 3 is 2.40 bits per heavy atom. The summed E-state index contributed by atoms with van der Waals surface area (Å²) in [4.78, 5) is 0. The molecule has 3 saturated carbocycles. The fourth-order valence-corrected chi connectivity index (χ4v) is 9.67. The molecule has 0 aromatic rings. The largest absolute Gasteiger partial charge is 0.399 e. The second-order valence-electron chi connectivity index (χ2n) is 12.2. The maximum Gasteiger partial charge on any atom is 0.185 e. The number of hydrogen-bond acceptors (Lipinski definition) is 4. The number of nitrogens with zero attached hydrogens (tertiary/aromatic N) is 1. The highest BCUT2D eigenvalue weighted by molar-refractivity contribution is 6.69. The van der Waals surface area contributed by atoms with Crippen molar-refractivity contribution in [1.29, 1.82) is 5.26 Å². The molecule has 0 bridgehead atoms. The van der Waals surface area contributed by atoms with Crippen LogP contribution in [0.3, 0.4) is 0 Å². The van der Waals surface area contributed by atoms with Crippen LogP contribution in [0.5, 0.6) is 0 Å². The first kappa shape index (κ1) is 21.2. The average Bonchev–Trinajstić information content (AvgIpc) is 3.24. The number of fused-ring (bicyclic) bond motifs is 5. The van der Waals surface area contributed by atoms with Gasteiger partial charge in [0.2, 0.25) is 0 Å². The molecule has 1 heterocycles. The van der Waals surface area contributed by atoms with E-state index in [0.717, 1.165) is 64.1 Å². The third-order valence-corrected chi connectivity index (χ3v) is 10.7. The van der Waals surface area contributed by atoms with Crippen molar-refractivity contribution in [2.75, 3.05) is 13.2 Å². The van der Waals surface area contributed by atoms with Gasteiger partial charge in [-0.25, -0.2) is 0 Å². The van der Waals surface area contributed by atoms with Crippen LogP contribution >= 0.6 is 0 Å². The van der Waals surface area contributed by atoms with Gasteiger partial charge in [-0.2, -0.15) is 5.26 Å². The number of ether oxygens (including phenoxy) is 2. The summed E-state index contributed by atoms with van der Waals surface area (Å²) in [6, 6.07) is 2.73. The zero-order chi connectivity index (χ0) is 21.4. The molecule has 5 heteroatoms. The topological polar surface area (TPSA) is 51.5 Å². The van der Waals surface area contributed by atoms with Crippen molar-refractivity contribution < 1.29 is 13.9 Å². The van der Waals surface area contributed by atoms with Crippen molar-refractivity contribution in [3.05, 3.63) is 11.6 Å². The van der Waals surface area contributed by atoms with E-state index in [1.165, 1.54) is 6.42 Å². The molecule has 5 aliphatic rings. The van der Waals surface area contributed by atoms with Crippen molar-refractivity contribution in [1.82, 2.24) is 0 Å². The summed E-state index contributed by atoms with van der Waals surface area (Å²) < 4.78 is 18.9. The standard InChI is InChI=1S/C25H39NO3Si/c1-22-12-13-25(27-14-15-28-25)16-18(22)6-7-19-20(22)8-10-23(2)21(19)9-11-24(23,17-26)29-30(3,4)5/h6,19-21H,7-16H2,1-5H3/t19-,20+,21+,22-,23-,24-/m0/s1. The van der Waals surface area contributed by atoms with Crippen molar-refractivity contribution in [3.8, 4) is 6.07 Å². The highest BCUT2D eigenvalue weighted by Gasteiger charge is 2.66. The van der Waals surface area contributed by atoms with Gasteiger partial charge in [0.1, 0.15) is 5.60 Å². The van der Waals surface area contributed by atoms with Crippen molar-refractivity contribution in [2.24, 2.45) is 28.6 Å². The van der Waals surface area contributed by atoms with E-state index in [1.807, 2.05) is 0 Å². The van der Waals surface area contributed by atoms with Crippen molar-refractivity contribution in [3.63, 3.8) is 0 Å². The molecule has 0 aromatic carbocycles. The van der Waals surface area contributed by atoms with Crippen LogP contribution in [0.4, 0.5) is 0 Å². The summed E-state index contributed by atoms with van der Waals surface area (Å²) in [5.74, 6) is 1.65. The zero-order valence-corrected chi connectivity index (χ0v) is 20.6. The Labute approximate surface area is 183 Å². The van der Waals surface area contributed by atoms with Gasteiger partial charge in [-0.1, -0.05) is 25.5 Å². The summed E-state index contributed by atoms with van der Waals surface area (Å²) >= 11 is 0. The van der Waals surface area contributed by atoms with Crippen LogP contribution in [0.15, 0.2) is 11.6 Å². The Balaban J connectivity index is 1.45. The van der Waals surface area contributed by atoms with Gasteiger partial charge in [0.25, 0.3) is 0 Å². The summed E-state index contributed by atoms with van der Waals surface area (Å²) in [7, 11) is -1.81. The van der Waals surface area contributed by atoms with E-state index in [0.29, 0.717) is 11.8 Å². The fraction of sp³-hybridized carbons (Fsp3) is 0.880. The van der Waals surface area contributed by atoms with Crippen LogP contribution in [-0.2, 0) is 13.9 Å². The third-order valence-electron chi connectivity index (χ3n) is 9.70. The van der Waals surface area contributed by atoms with E-state index >= 15 is 0 Å². The van der Waals surface area contributed by atoms with Gasteiger partial charge in [0.15, 0.2) is 14.1 Å². The predicted octanol–water partition coefficient (Wildman–Crippen LogP) is 5.81. The molecule has 5 rings (SSSR count). The number of allylic oxidation sites excluding steroid dienone is 1. The first-order chi connectivity index (χ1) is 14.1. The summed E-state index contributed by atoms with van der Waals surface area (Å²) in [5, 5.41) is 10.3. The quantitative estimate of drug-likeness (QED) is 0.411. The van der Waals surface area contributed by atoms with E-state index < -0.39 is 13.9 Å². The van der Waals surface area contributed by atoms with E-state index in [4.69, 9.17) is 13.9 Å². The van der Waals surface area contributed by atoms with Gasteiger partial charge < -0.3 is 13.9 Å². The molecule has 0 aromatic heterocycles. The number of nitriles is 1. The maximum atomic E-state index is 10.3. The zero-order valence-electron chi connectivity index (χ0n) is 19.6. The maximum absolute atomic E-state index is 10.3. The lowest BCUT2D eigenvalue weighted by atomic mass is 9.47. The molecule has 1 aliphatic heterocycles. The van der Waals surface area contributed by atoms with Gasteiger partial charge in [0.05, 0.1) is 19.3 Å². The Bertz CT molecular complexity index is 791. The molecule has 0 N–H and O–H groups in total. The normalized spacial score (nSPS) is 47.2. The summed E-state index contributed by atoms with van der Waals surface area (Å²) in [6.45, 7) is 13.1. The predicted molar refractivity (Wildman–Crippen MR) is 119 cm³/mol. The second kappa shape index (κ2) is 6.67. The Kier molecular flexibility index (Phi) is 4.71. The van der Waals surface area contributed by atoms with Crippen LogP contribution in [0, 0.1) is 39.9 Å². The molecule has 4 nitrogen and oxygen atoms in total. The minimum Gasteiger partial charge on any atom is -0.399 e. The molecule has 4 fully saturated rings. The highest BCUT2D eigenvalue weighted by atomic mass is 28.4. The molecule has 30 heavy (non-hydrogen) atoms. The number of hydrogen-bond donors (Lipinski definition) is 0. The molecule has 4 aliphatic carbocycles. The molecular formula is C25H39NO3Si. The van der Waals surface area contributed by atoms with Crippen LogP contribution < -0.4 is 0 Å². The molecule has 0 unspecified atom stereocenters. The van der Waals surface area contributed by atoms with Gasteiger partial charge in [-0.3, -0.25) is 0 Å². The van der Waals surface area contributed by atoms with Gasteiger partial charge in [-0.05, 0) is 81.3 Å². The lowest BCUT2D eigenvalue weighted by Crippen LogP contribution is -2.57. The van der Waals surface area contributed by atoms with Crippen LogP contribution in [0.25, 0.3) is 0 Å². The SMILES string of the molecule is C[C@]12CCC3(CC1=CC[C@H]1[C@H]2CC[C@@]2(C)[C@@H]1CC[C@@]2(C#N)O[Si](C)(C)C)OCCO3. The van der Waals surface area contributed by atoms with Crippen molar-refractivity contribution in [2.45, 2.75) is 96.2 Å². The monoisotopic (exact) mass is 429 g/mol. The Hall–Kier alpha value is -0.673. The van der Waals surface area contributed by atoms with Gasteiger partial charge in [-0.15, -0.1) is 0 Å². The minimum atomic E-state index is -1.81. The fourth-order valence-electron chi connectivity index (χ4n) is 8.24. The van der Waals surface area contributed by atoms with Crippen LogP contribution in [-0.4, -0.2) is 32.9 Å². The van der Waals surface area contributed by atoms with Crippen LogP contribution in [0.2, 0.25) is 19.6 Å². The first-order valence-corrected chi connectivity index (χ1v) is 15.6. The van der Waals surface area contributed by atoms with Gasteiger partial charge in [0, 0.05) is 18.3 Å². The molecule has 166 valence electrons. The van der Waals surface area contributed by atoms with E-state index in [1.54, 1.807) is 5.57 Å². The smallest absolute Gasteiger partial charge is 0.185 e. The van der Waals surface area contributed by atoms with Gasteiger partial charge >= 0.3 is 0 Å². The first-order valence-electron chi connectivity index (χ1n) is 12.2. The summed E-state index contributed by atoms with van der Waals surface area (Å²) in [6.07, 6.45) is 11.2. The second-order valence-corrected chi connectivity index (χ2v) is 16.6. The van der Waals surface area contributed by atoms with E-state index in [-0.39, 0.29) is 16.6 Å². The minimum absolute atomic E-state index is 0.0154. The Morgan fingerprint density at radius 2 is 1.73 bits per heavy atom. The molecule has 0 amide bonds. The molecular weight excluding hydrogens is 390 g/mol. The van der Waals surface area contributed by atoms with Crippen molar-refractivity contribution >= 4 is 8.32 Å². The van der Waals surface area contributed by atoms with E-state index in [9.17, 15) is 5.26 Å². The molecule has 1 saturated heterocycles. The Morgan fingerprint density at radius 1 is 1.03 bits per heavy atom. The van der Waals surface area contributed by atoms with Crippen LogP contribution in [0.1, 0.15) is 65.2 Å². The third kappa shape index (κ3) is 2.86. The summed E-state index contributed by atoms with van der Waals surface area (Å²) in [5.41, 5.74) is 1.25. The molecule has 6 atom stereocenters. The molecule has 0 radical (unpaired) electrons. The average molecular weight is 430 g/mol. The molecule has 1 spiro atoms. The number of rotatable bonds is 2. The lowest BCUT2D eigenvalue weighted by Gasteiger charge is -2.59. The van der Waals surface area contributed by atoms with E-state index in [2.05, 4.69) is 45.6 Å². The lowest BCUT2D eigenvalue weighted by molar-refractivity contribution is -0.186. The highest BCUT2D eigenvalue weighted by Crippen LogP contribution is 2.68.